The maximum absolute atomic E-state index is 12.4. The van der Waals surface area contributed by atoms with Gasteiger partial charge in [0.15, 0.2) is 5.78 Å². The van der Waals surface area contributed by atoms with Crippen LogP contribution < -0.4 is 5.32 Å². The van der Waals surface area contributed by atoms with Crippen LogP contribution in [0.25, 0.3) is 22.3 Å². The molecule has 4 rings (SSSR count). The molecule has 3 aromatic heterocycles. The maximum atomic E-state index is 12.4. The molecule has 1 fully saturated rings. The summed E-state index contributed by atoms with van der Waals surface area (Å²) in [7, 11) is 4.28. The van der Waals surface area contributed by atoms with Crippen molar-refractivity contribution in [2.24, 2.45) is 5.92 Å². The maximum Gasteiger partial charge on any atom is 0.163 e. The number of aryl methyl sites for hydroxylation is 2. The number of nitrogens with zero attached hydrogens (tertiary/aromatic N) is 4. The number of nitrogens with one attached hydrogen (secondary N) is 2. The van der Waals surface area contributed by atoms with Crippen LogP contribution in [0.2, 0.25) is 0 Å². The van der Waals surface area contributed by atoms with Crippen LogP contribution in [0, 0.1) is 19.8 Å². The molecule has 1 saturated carbocycles. The Bertz CT molecular complexity index is 1090. The van der Waals surface area contributed by atoms with Crippen molar-refractivity contribution in [2.75, 3.05) is 26.0 Å². The third-order valence-electron chi connectivity index (χ3n) is 6.29. The van der Waals surface area contributed by atoms with Gasteiger partial charge in [0, 0.05) is 30.0 Å². The highest BCUT2D eigenvalue weighted by Crippen LogP contribution is 2.33. The zero-order valence-electron chi connectivity index (χ0n) is 20.3. The molecule has 0 saturated heterocycles. The van der Waals surface area contributed by atoms with E-state index in [4.69, 9.17) is 4.98 Å². The van der Waals surface area contributed by atoms with Crippen LogP contribution in [0.5, 0.6) is 0 Å². The Labute approximate surface area is 220 Å². The minimum absolute atomic E-state index is 0. The number of pyridine rings is 2. The molecular formula is C24H35Cl3N6O. The van der Waals surface area contributed by atoms with E-state index in [0.717, 1.165) is 64.7 Å². The number of hydrogen-bond donors (Lipinski definition) is 2. The first-order valence-electron chi connectivity index (χ1n) is 11.1. The second kappa shape index (κ2) is 12.7. The van der Waals surface area contributed by atoms with E-state index in [1.807, 2.05) is 26.0 Å². The van der Waals surface area contributed by atoms with Gasteiger partial charge in [-0.05, 0) is 78.6 Å². The Morgan fingerprint density at radius 2 is 1.79 bits per heavy atom. The molecular weight excluding hydrogens is 495 g/mol. The number of anilines is 1. The van der Waals surface area contributed by atoms with Crippen LogP contribution in [0.1, 0.15) is 54.4 Å². The van der Waals surface area contributed by atoms with E-state index in [9.17, 15) is 4.79 Å². The number of rotatable bonds is 6. The molecule has 0 atom stereocenters. The molecule has 188 valence electrons. The third-order valence-corrected chi connectivity index (χ3v) is 6.29. The third kappa shape index (κ3) is 6.39. The zero-order chi connectivity index (χ0) is 22.1. The Balaban J connectivity index is 0.00000193. The zero-order valence-corrected chi connectivity index (χ0v) is 22.8. The van der Waals surface area contributed by atoms with E-state index in [1.54, 1.807) is 13.1 Å². The molecule has 0 unspecified atom stereocenters. The lowest BCUT2D eigenvalue weighted by atomic mass is 9.85. The predicted molar refractivity (Wildman–Crippen MR) is 146 cm³/mol. The van der Waals surface area contributed by atoms with Gasteiger partial charge in [0.25, 0.3) is 0 Å². The summed E-state index contributed by atoms with van der Waals surface area (Å²) in [6, 6.07) is 4.29. The van der Waals surface area contributed by atoms with Crippen molar-refractivity contribution in [2.45, 2.75) is 52.5 Å². The van der Waals surface area contributed by atoms with Crippen LogP contribution in [0.15, 0.2) is 18.3 Å². The summed E-state index contributed by atoms with van der Waals surface area (Å²) in [6.45, 7) is 6.70. The molecule has 0 amide bonds. The Kier molecular flexibility index (Phi) is 11.2. The van der Waals surface area contributed by atoms with Crippen molar-refractivity contribution in [1.82, 2.24) is 25.1 Å². The van der Waals surface area contributed by atoms with Crippen LogP contribution >= 0.6 is 37.2 Å². The van der Waals surface area contributed by atoms with E-state index >= 15 is 0 Å². The molecule has 34 heavy (non-hydrogen) atoms. The number of Topliss-reactive ketones (excluding diaryl/α,β-unsaturated/α-hetero) is 1. The highest BCUT2D eigenvalue weighted by atomic mass is 35.5. The van der Waals surface area contributed by atoms with Crippen molar-refractivity contribution in [1.29, 1.82) is 0 Å². The second-order valence-corrected chi connectivity index (χ2v) is 9.10. The van der Waals surface area contributed by atoms with Crippen molar-refractivity contribution < 1.29 is 4.79 Å². The number of aromatic amines is 1. The summed E-state index contributed by atoms with van der Waals surface area (Å²) in [5, 5.41) is 11.0. The SMILES string of the molecule is CC(=O)c1cnc2ccc(-c3c(C)n[nH]c3C)nc2c1NC1CCC(CN(C)C)CC1.Cl.Cl.Cl. The predicted octanol–water partition coefficient (Wildman–Crippen LogP) is 5.64. The number of carbonyl (C=O) groups is 1. The van der Waals surface area contributed by atoms with Crippen LogP contribution in [-0.4, -0.2) is 57.5 Å². The van der Waals surface area contributed by atoms with Crippen molar-refractivity contribution >= 4 is 59.7 Å². The first-order valence-corrected chi connectivity index (χ1v) is 11.1. The topological polar surface area (TPSA) is 86.8 Å². The molecule has 1 aliphatic carbocycles. The largest absolute Gasteiger partial charge is 0.380 e. The van der Waals surface area contributed by atoms with Crippen molar-refractivity contribution in [3.05, 3.63) is 35.3 Å². The lowest BCUT2D eigenvalue weighted by Crippen LogP contribution is -2.31. The summed E-state index contributed by atoms with van der Waals surface area (Å²) in [4.78, 5) is 24.2. The molecule has 0 aromatic carbocycles. The van der Waals surface area contributed by atoms with E-state index in [2.05, 4.69) is 39.5 Å². The number of ketones is 1. The summed E-state index contributed by atoms with van der Waals surface area (Å²) >= 11 is 0. The quantitative estimate of drug-likeness (QED) is 0.402. The Morgan fingerprint density at radius 1 is 1.12 bits per heavy atom. The van der Waals surface area contributed by atoms with Gasteiger partial charge < -0.3 is 10.2 Å². The molecule has 0 spiro atoms. The lowest BCUT2D eigenvalue weighted by molar-refractivity contribution is 0.101. The molecule has 3 aromatic rings. The molecule has 0 aliphatic heterocycles. The number of halogens is 3. The molecule has 0 radical (unpaired) electrons. The molecule has 0 bridgehead atoms. The van der Waals surface area contributed by atoms with Crippen LogP contribution in [0.4, 0.5) is 5.69 Å². The fourth-order valence-corrected chi connectivity index (χ4v) is 4.76. The van der Waals surface area contributed by atoms with Gasteiger partial charge in [-0.1, -0.05) is 0 Å². The highest BCUT2D eigenvalue weighted by Gasteiger charge is 2.24. The minimum atomic E-state index is 0. The van der Waals surface area contributed by atoms with Gasteiger partial charge in [-0.3, -0.25) is 14.9 Å². The second-order valence-electron chi connectivity index (χ2n) is 9.10. The van der Waals surface area contributed by atoms with E-state index in [0.29, 0.717) is 11.6 Å². The van der Waals surface area contributed by atoms with Crippen molar-refractivity contribution in [3.63, 3.8) is 0 Å². The van der Waals surface area contributed by atoms with Gasteiger partial charge in [-0.25, -0.2) is 4.98 Å². The number of aromatic nitrogens is 4. The van der Waals surface area contributed by atoms with E-state index in [1.165, 1.54) is 12.8 Å². The first-order chi connectivity index (χ1) is 14.8. The fourth-order valence-electron chi connectivity index (χ4n) is 4.76. The van der Waals surface area contributed by atoms with Crippen molar-refractivity contribution in [3.8, 4) is 11.3 Å². The molecule has 1 aliphatic rings. The molecule has 2 N–H and O–H groups in total. The standard InChI is InChI=1S/C24H32N6O.3ClH/c1-14-22(15(2)29-28-14)20-10-11-21-24(27-20)23(19(12-25-21)16(3)31)26-18-8-6-17(7-9-18)13-30(4)5;;;/h10-12,17-18H,6-9,13H2,1-5H3,(H,25,26)(H,28,29);3*1H. The monoisotopic (exact) mass is 528 g/mol. The van der Waals surface area contributed by atoms with Crippen LogP contribution in [0.3, 0.4) is 0 Å². The summed E-state index contributed by atoms with van der Waals surface area (Å²) in [5.74, 6) is 0.743. The van der Waals surface area contributed by atoms with Crippen LogP contribution in [-0.2, 0) is 0 Å². The Morgan fingerprint density at radius 3 is 2.35 bits per heavy atom. The molecule has 10 heteroatoms. The van der Waals surface area contributed by atoms with E-state index in [-0.39, 0.29) is 43.0 Å². The average molecular weight is 530 g/mol. The number of H-pyrrole nitrogens is 1. The normalized spacial score (nSPS) is 17.5. The highest BCUT2D eigenvalue weighted by molar-refractivity contribution is 6.06. The first kappa shape index (κ1) is 30.1. The lowest BCUT2D eigenvalue weighted by Gasteiger charge is -2.31. The Hall–Kier alpha value is -1.93. The fraction of sp³-hybridized carbons (Fsp3) is 0.500. The van der Waals surface area contributed by atoms with Gasteiger partial charge in [0.2, 0.25) is 0 Å². The summed E-state index contributed by atoms with van der Waals surface area (Å²) in [5.41, 5.74) is 6.70. The minimum Gasteiger partial charge on any atom is -0.380 e. The number of hydrogen-bond acceptors (Lipinski definition) is 6. The smallest absolute Gasteiger partial charge is 0.163 e. The van der Waals surface area contributed by atoms with Gasteiger partial charge in [0.1, 0.15) is 5.52 Å². The summed E-state index contributed by atoms with van der Waals surface area (Å²) in [6.07, 6.45) is 6.26. The summed E-state index contributed by atoms with van der Waals surface area (Å²) < 4.78 is 0. The molecule has 3 heterocycles. The van der Waals surface area contributed by atoms with Gasteiger partial charge in [-0.2, -0.15) is 5.10 Å². The van der Waals surface area contributed by atoms with E-state index < -0.39 is 0 Å². The number of fused-ring (bicyclic) bond motifs is 1. The number of carbonyl (C=O) groups excluding carboxylic acids is 1. The van der Waals surface area contributed by atoms with Gasteiger partial charge in [-0.15, -0.1) is 37.2 Å². The van der Waals surface area contributed by atoms with Gasteiger partial charge >= 0.3 is 0 Å². The van der Waals surface area contributed by atoms with Gasteiger partial charge in [0.05, 0.1) is 28.2 Å². The average Bonchev–Trinajstić information content (AvgIpc) is 3.07. The molecule has 7 nitrogen and oxygen atoms in total.